The molecule has 1 aliphatic rings. The molecule has 1 saturated heterocycles. The summed E-state index contributed by atoms with van der Waals surface area (Å²) in [5, 5.41) is 9.26. The van der Waals surface area contributed by atoms with Gasteiger partial charge in [0.25, 0.3) is 5.91 Å². The van der Waals surface area contributed by atoms with Crippen molar-refractivity contribution < 1.29 is 14.7 Å². The van der Waals surface area contributed by atoms with E-state index in [9.17, 15) is 14.7 Å². The molecule has 2 unspecified atom stereocenters. The fourth-order valence-corrected chi connectivity index (χ4v) is 3.14. The lowest BCUT2D eigenvalue weighted by atomic mass is 10.0. The summed E-state index contributed by atoms with van der Waals surface area (Å²) >= 11 is 6.66. The first kappa shape index (κ1) is 14.5. The number of amides is 1. The maximum atomic E-state index is 12.5. The summed E-state index contributed by atoms with van der Waals surface area (Å²) in [5.41, 5.74) is 0.481. The third kappa shape index (κ3) is 2.84. The Balaban J connectivity index is 2.33. The molecule has 1 N–H and O–H groups in total. The molecule has 1 amide bonds. The number of halogens is 2. The molecule has 102 valence electrons. The van der Waals surface area contributed by atoms with E-state index in [2.05, 4.69) is 31.9 Å². The summed E-state index contributed by atoms with van der Waals surface area (Å²) in [6.45, 7) is 2.35. The highest BCUT2D eigenvalue weighted by Gasteiger charge is 2.40. The number of benzene rings is 1. The molecule has 1 aromatic rings. The summed E-state index contributed by atoms with van der Waals surface area (Å²) in [7, 11) is 0. The van der Waals surface area contributed by atoms with E-state index in [4.69, 9.17) is 0 Å². The molecule has 6 heteroatoms. The number of nitrogens with zero attached hydrogens (tertiary/aromatic N) is 1. The summed E-state index contributed by atoms with van der Waals surface area (Å²) in [6, 6.07) is 4.56. The highest BCUT2D eigenvalue weighted by atomic mass is 79.9. The largest absolute Gasteiger partial charge is 0.480 e. The Hall–Kier alpha value is -0.880. The number of carbonyl (C=O) groups is 2. The van der Waals surface area contributed by atoms with E-state index in [0.717, 1.165) is 4.47 Å². The maximum Gasteiger partial charge on any atom is 0.326 e. The van der Waals surface area contributed by atoms with Crippen LogP contribution in [0.2, 0.25) is 0 Å². The molecule has 0 bridgehead atoms. The van der Waals surface area contributed by atoms with Gasteiger partial charge in [0.15, 0.2) is 0 Å². The van der Waals surface area contributed by atoms with E-state index in [0.29, 0.717) is 23.0 Å². The molecule has 2 atom stereocenters. The van der Waals surface area contributed by atoms with Crippen molar-refractivity contribution in [2.24, 2.45) is 5.92 Å². The molecule has 1 aromatic carbocycles. The number of aliphatic carboxylic acids is 1. The van der Waals surface area contributed by atoms with Crippen LogP contribution in [0.15, 0.2) is 27.1 Å². The Morgan fingerprint density at radius 1 is 1.37 bits per heavy atom. The number of hydrogen-bond donors (Lipinski definition) is 1. The van der Waals surface area contributed by atoms with Gasteiger partial charge in [0.2, 0.25) is 0 Å². The van der Waals surface area contributed by atoms with E-state index in [1.807, 2.05) is 13.0 Å². The van der Waals surface area contributed by atoms with E-state index >= 15 is 0 Å². The van der Waals surface area contributed by atoms with Crippen LogP contribution in [-0.2, 0) is 4.79 Å². The van der Waals surface area contributed by atoms with Gasteiger partial charge in [-0.2, -0.15) is 0 Å². The minimum Gasteiger partial charge on any atom is -0.480 e. The first-order valence-electron chi connectivity index (χ1n) is 5.90. The molecule has 1 heterocycles. The number of carboxylic acids is 1. The molecule has 0 aromatic heterocycles. The normalized spacial score (nSPS) is 22.6. The SMILES string of the molecule is CC1CCN(C(=O)c2cc(Br)ccc2Br)C1C(=O)O. The average Bonchev–Trinajstić information content (AvgIpc) is 2.73. The van der Waals surface area contributed by atoms with Crippen molar-refractivity contribution in [3.8, 4) is 0 Å². The standard InChI is InChI=1S/C13H13Br2NO3/c1-7-4-5-16(11(7)13(18)19)12(17)9-6-8(14)2-3-10(9)15/h2-3,6-7,11H,4-5H2,1H3,(H,18,19). The lowest BCUT2D eigenvalue weighted by Gasteiger charge is -2.24. The van der Waals surface area contributed by atoms with Gasteiger partial charge in [0, 0.05) is 15.5 Å². The van der Waals surface area contributed by atoms with Gasteiger partial charge in [-0.1, -0.05) is 22.9 Å². The third-order valence-electron chi connectivity index (χ3n) is 3.37. The van der Waals surface area contributed by atoms with E-state index in [1.54, 1.807) is 12.1 Å². The highest BCUT2D eigenvalue weighted by Crippen LogP contribution is 2.29. The van der Waals surface area contributed by atoms with Gasteiger partial charge >= 0.3 is 5.97 Å². The molecular weight excluding hydrogens is 378 g/mol. The molecule has 0 saturated carbocycles. The monoisotopic (exact) mass is 389 g/mol. The number of carbonyl (C=O) groups excluding carboxylic acids is 1. The number of rotatable bonds is 2. The Morgan fingerprint density at radius 2 is 2.05 bits per heavy atom. The van der Waals surface area contributed by atoms with Crippen LogP contribution in [0.1, 0.15) is 23.7 Å². The fourth-order valence-electron chi connectivity index (χ4n) is 2.37. The second kappa shape index (κ2) is 5.63. The minimum absolute atomic E-state index is 0.0209. The Morgan fingerprint density at radius 3 is 2.68 bits per heavy atom. The predicted molar refractivity (Wildman–Crippen MR) is 78.1 cm³/mol. The molecule has 4 nitrogen and oxygen atoms in total. The van der Waals surface area contributed by atoms with Crippen molar-refractivity contribution in [1.82, 2.24) is 4.90 Å². The third-order valence-corrected chi connectivity index (χ3v) is 4.56. The summed E-state index contributed by atoms with van der Waals surface area (Å²) in [6.07, 6.45) is 0.717. The molecule has 0 aliphatic carbocycles. The molecule has 2 rings (SSSR count). The fraction of sp³-hybridized carbons (Fsp3) is 0.385. The number of hydrogen-bond acceptors (Lipinski definition) is 2. The lowest BCUT2D eigenvalue weighted by molar-refractivity contribution is -0.142. The van der Waals surface area contributed by atoms with E-state index < -0.39 is 12.0 Å². The minimum atomic E-state index is -0.940. The van der Waals surface area contributed by atoms with Crippen LogP contribution in [0.3, 0.4) is 0 Å². The molecule has 0 radical (unpaired) electrons. The lowest BCUT2D eigenvalue weighted by Crippen LogP contribution is -2.42. The molecule has 1 aliphatic heterocycles. The molecule has 1 fully saturated rings. The second-order valence-electron chi connectivity index (χ2n) is 4.67. The Labute approximate surface area is 128 Å². The summed E-state index contributed by atoms with van der Waals surface area (Å²) < 4.78 is 1.46. The van der Waals surface area contributed by atoms with Crippen LogP contribution in [0.5, 0.6) is 0 Å². The van der Waals surface area contributed by atoms with Crippen LogP contribution in [0.25, 0.3) is 0 Å². The van der Waals surface area contributed by atoms with E-state index in [-0.39, 0.29) is 11.8 Å². The quantitative estimate of drug-likeness (QED) is 0.843. The van der Waals surface area contributed by atoms with Gasteiger partial charge in [0.1, 0.15) is 6.04 Å². The van der Waals surface area contributed by atoms with Gasteiger partial charge < -0.3 is 10.0 Å². The molecule has 19 heavy (non-hydrogen) atoms. The second-order valence-corrected chi connectivity index (χ2v) is 6.44. The Bertz CT molecular complexity index is 533. The van der Waals surface area contributed by atoms with Crippen LogP contribution < -0.4 is 0 Å². The van der Waals surface area contributed by atoms with Gasteiger partial charge in [-0.15, -0.1) is 0 Å². The first-order chi connectivity index (χ1) is 8.91. The zero-order chi connectivity index (χ0) is 14.2. The maximum absolute atomic E-state index is 12.5. The smallest absolute Gasteiger partial charge is 0.326 e. The summed E-state index contributed by atoms with van der Waals surface area (Å²) in [5.74, 6) is -1.21. The van der Waals surface area contributed by atoms with Crippen molar-refractivity contribution >= 4 is 43.7 Å². The van der Waals surface area contributed by atoms with Crippen molar-refractivity contribution in [3.63, 3.8) is 0 Å². The molecule has 0 spiro atoms. The van der Waals surface area contributed by atoms with Crippen molar-refractivity contribution in [1.29, 1.82) is 0 Å². The first-order valence-corrected chi connectivity index (χ1v) is 7.49. The van der Waals surface area contributed by atoms with Crippen LogP contribution in [0.4, 0.5) is 0 Å². The zero-order valence-electron chi connectivity index (χ0n) is 10.3. The van der Waals surface area contributed by atoms with Crippen molar-refractivity contribution in [3.05, 3.63) is 32.7 Å². The van der Waals surface area contributed by atoms with E-state index in [1.165, 1.54) is 4.90 Å². The zero-order valence-corrected chi connectivity index (χ0v) is 13.4. The topological polar surface area (TPSA) is 57.6 Å². The van der Waals surface area contributed by atoms with Crippen LogP contribution in [0, 0.1) is 5.92 Å². The van der Waals surface area contributed by atoms with Gasteiger partial charge in [-0.25, -0.2) is 4.79 Å². The number of carboxylic acid groups (broad SMARTS) is 1. The highest BCUT2D eigenvalue weighted by molar-refractivity contribution is 9.11. The van der Waals surface area contributed by atoms with Crippen LogP contribution in [-0.4, -0.2) is 34.5 Å². The van der Waals surface area contributed by atoms with Gasteiger partial charge in [-0.05, 0) is 46.5 Å². The predicted octanol–water partition coefficient (Wildman–Crippen LogP) is 3.15. The average molecular weight is 391 g/mol. The molecular formula is C13H13Br2NO3. The van der Waals surface area contributed by atoms with Crippen LogP contribution >= 0.6 is 31.9 Å². The van der Waals surface area contributed by atoms with Crippen molar-refractivity contribution in [2.45, 2.75) is 19.4 Å². The Kier molecular flexibility index (Phi) is 4.30. The number of likely N-dealkylation sites (tertiary alicyclic amines) is 1. The van der Waals surface area contributed by atoms with Gasteiger partial charge in [-0.3, -0.25) is 4.79 Å². The summed E-state index contributed by atoms with van der Waals surface area (Å²) in [4.78, 5) is 25.2. The van der Waals surface area contributed by atoms with Crippen molar-refractivity contribution in [2.75, 3.05) is 6.54 Å². The van der Waals surface area contributed by atoms with Gasteiger partial charge in [0.05, 0.1) is 5.56 Å².